The van der Waals surface area contributed by atoms with Crippen LogP contribution in [0.15, 0.2) is 36.5 Å². The van der Waals surface area contributed by atoms with Crippen molar-refractivity contribution in [2.45, 2.75) is 19.9 Å². The highest BCUT2D eigenvalue weighted by atomic mass is 16.3. The second-order valence-corrected chi connectivity index (χ2v) is 4.95. The fourth-order valence-electron chi connectivity index (χ4n) is 2.31. The van der Waals surface area contributed by atoms with Crippen LogP contribution in [0.1, 0.15) is 28.5 Å². The van der Waals surface area contributed by atoms with Gasteiger partial charge in [0.05, 0.1) is 30.6 Å². The maximum absolute atomic E-state index is 12.3. The summed E-state index contributed by atoms with van der Waals surface area (Å²) in [7, 11) is 1.69. The molecular formula is C16H21N3O2. The van der Waals surface area contributed by atoms with Gasteiger partial charge in [0, 0.05) is 13.6 Å². The second-order valence-electron chi connectivity index (χ2n) is 4.95. The van der Waals surface area contributed by atoms with Gasteiger partial charge in [0.1, 0.15) is 0 Å². The van der Waals surface area contributed by atoms with Gasteiger partial charge < -0.3 is 10.0 Å². The Morgan fingerprint density at radius 1 is 1.33 bits per heavy atom. The number of aliphatic hydroxyl groups excluding tert-OH is 1. The number of amides is 1. The van der Waals surface area contributed by atoms with Crippen LogP contribution in [0, 0.1) is 0 Å². The standard InChI is InChI=1S/C16H21N3O2/c1-3-15-14(16(21)18(2)9-10-20)11-17-19(15)12-13-7-5-4-6-8-13/h4-8,11,20H,3,9-10,12H2,1-2H3. The van der Waals surface area contributed by atoms with E-state index in [2.05, 4.69) is 5.10 Å². The normalized spacial score (nSPS) is 10.6. The lowest BCUT2D eigenvalue weighted by Crippen LogP contribution is -2.30. The summed E-state index contributed by atoms with van der Waals surface area (Å²) >= 11 is 0. The third kappa shape index (κ3) is 3.49. The van der Waals surface area contributed by atoms with Gasteiger partial charge >= 0.3 is 0 Å². The lowest BCUT2D eigenvalue weighted by atomic mass is 10.1. The van der Waals surface area contributed by atoms with E-state index in [0.717, 1.165) is 17.7 Å². The Balaban J connectivity index is 2.24. The van der Waals surface area contributed by atoms with E-state index in [1.807, 2.05) is 41.9 Å². The Kier molecular flexibility index (Phi) is 5.11. The smallest absolute Gasteiger partial charge is 0.257 e. The Labute approximate surface area is 124 Å². The van der Waals surface area contributed by atoms with E-state index in [-0.39, 0.29) is 12.5 Å². The predicted molar refractivity (Wildman–Crippen MR) is 81.2 cm³/mol. The Hall–Kier alpha value is -2.14. The van der Waals surface area contributed by atoms with Crippen molar-refractivity contribution in [1.29, 1.82) is 0 Å². The van der Waals surface area contributed by atoms with Gasteiger partial charge in [-0.25, -0.2) is 0 Å². The van der Waals surface area contributed by atoms with E-state index in [1.165, 1.54) is 4.90 Å². The molecular weight excluding hydrogens is 266 g/mol. The molecule has 0 aliphatic rings. The van der Waals surface area contributed by atoms with Crippen LogP contribution in [-0.2, 0) is 13.0 Å². The first-order valence-electron chi connectivity index (χ1n) is 7.12. The number of nitrogens with zero attached hydrogens (tertiary/aromatic N) is 3. The molecule has 1 aromatic carbocycles. The molecule has 0 fully saturated rings. The molecule has 0 unspecified atom stereocenters. The minimum atomic E-state index is -0.0970. The molecule has 0 saturated carbocycles. The van der Waals surface area contributed by atoms with Crippen molar-refractivity contribution in [2.75, 3.05) is 20.2 Å². The number of carbonyl (C=O) groups is 1. The van der Waals surface area contributed by atoms with Crippen LogP contribution in [0.25, 0.3) is 0 Å². The quantitative estimate of drug-likeness (QED) is 0.877. The molecule has 2 aromatic rings. The fourth-order valence-corrected chi connectivity index (χ4v) is 2.31. The van der Waals surface area contributed by atoms with Crippen molar-refractivity contribution in [1.82, 2.24) is 14.7 Å². The molecule has 1 N–H and O–H groups in total. The third-order valence-corrected chi connectivity index (χ3v) is 3.47. The maximum Gasteiger partial charge on any atom is 0.257 e. The Morgan fingerprint density at radius 2 is 2.05 bits per heavy atom. The lowest BCUT2D eigenvalue weighted by Gasteiger charge is -2.16. The van der Waals surface area contributed by atoms with Crippen molar-refractivity contribution >= 4 is 5.91 Å². The van der Waals surface area contributed by atoms with Gasteiger partial charge in [-0.2, -0.15) is 5.10 Å². The number of benzene rings is 1. The third-order valence-electron chi connectivity index (χ3n) is 3.47. The molecule has 21 heavy (non-hydrogen) atoms. The van der Waals surface area contributed by atoms with Gasteiger partial charge in [-0.05, 0) is 12.0 Å². The van der Waals surface area contributed by atoms with Crippen LogP contribution in [0.5, 0.6) is 0 Å². The van der Waals surface area contributed by atoms with Crippen LogP contribution in [0.3, 0.4) is 0 Å². The SMILES string of the molecule is CCc1c(C(=O)N(C)CCO)cnn1Cc1ccccc1. The maximum atomic E-state index is 12.3. The van der Waals surface area contributed by atoms with Crippen LogP contribution in [0.4, 0.5) is 0 Å². The first kappa shape index (κ1) is 15.3. The van der Waals surface area contributed by atoms with Gasteiger partial charge in [0.25, 0.3) is 5.91 Å². The van der Waals surface area contributed by atoms with Gasteiger partial charge in [-0.15, -0.1) is 0 Å². The molecule has 5 heteroatoms. The van der Waals surface area contributed by atoms with E-state index in [0.29, 0.717) is 18.7 Å². The van der Waals surface area contributed by atoms with Gasteiger partial charge in [-0.3, -0.25) is 9.48 Å². The fraction of sp³-hybridized carbons (Fsp3) is 0.375. The van der Waals surface area contributed by atoms with Crippen molar-refractivity contribution < 1.29 is 9.90 Å². The summed E-state index contributed by atoms with van der Waals surface area (Å²) in [5.41, 5.74) is 2.69. The van der Waals surface area contributed by atoms with Gasteiger partial charge in [-0.1, -0.05) is 37.3 Å². The van der Waals surface area contributed by atoms with E-state index >= 15 is 0 Å². The van der Waals surface area contributed by atoms with E-state index in [9.17, 15) is 4.79 Å². The van der Waals surface area contributed by atoms with Crippen LogP contribution >= 0.6 is 0 Å². The van der Waals surface area contributed by atoms with Crippen molar-refractivity contribution in [3.8, 4) is 0 Å². The number of carbonyl (C=O) groups excluding carboxylic acids is 1. The van der Waals surface area contributed by atoms with Gasteiger partial charge in [0.2, 0.25) is 0 Å². The summed E-state index contributed by atoms with van der Waals surface area (Å²) in [6.07, 6.45) is 2.36. The zero-order valence-electron chi connectivity index (χ0n) is 12.5. The van der Waals surface area contributed by atoms with E-state index < -0.39 is 0 Å². The van der Waals surface area contributed by atoms with Crippen LogP contribution < -0.4 is 0 Å². The number of hydrogen-bond donors (Lipinski definition) is 1. The highest BCUT2D eigenvalue weighted by Crippen LogP contribution is 2.14. The van der Waals surface area contributed by atoms with Crippen molar-refractivity contribution in [3.63, 3.8) is 0 Å². The Bertz CT molecular complexity index is 593. The lowest BCUT2D eigenvalue weighted by molar-refractivity contribution is 0.0765. The van der Waals surface area contributed by atoms with Crippen LogP contribution in [0.2, 0.25) is 0 Å². The molecule has 2 rings (SSSR count). The van der Waals surface area contributed by atoms with Crippen LogP contribution in [-0.4, -0.2) is 45.9 Å². The first-order valence-corrected chi connectivity index (χ1v) is 7.12. The molecule has 1 heterocycles. The molecule has 5 nitrogen and oxygen atoms in total. The molecule has 0 saturated heterocycles. The molecule has 0 spiro atoms. The largest absolute Gasteiger partial charge is 0.395 e. The summed E-state index contributed by atoms with van der Waals surface area (Å²) in [4.78, 5) is 13.9. The zero-order valence-corrected chi connectivity index (χ0v) is 12.5. The number of aromatic nitrogens is 2. The molecule has 112 valence electrons. The monoisotopic (exact) mass is 287 g/mol. The molecule has 0 aliphatic carbocycles. The minimum Gasteiger partial charge on any atom is -0.395 e. The van der Waals surface area contributed by atoms with Crippen molar-refractivity contribution in [3.05, 3.63) is 53.3 Å². The topological polar surface area (TPSA) is 58.4 Å². The summed E-state index contributed by atoms with van der Waals surface area (Å²) in [5.74, 6) is -0.0970. The average molecular weight is 287 g/mol. The number of rotatable bonds is 6. The van der Waals surface area contributed by atoms with E-state index in [1.54, 1.807) is 13.2 Å². The highest BCUT2D eigenvalue weighted by Gasteiger charge is 2.19. The molecule has 1 aromatic heterocycles. The Morgan fingerprint density at radius 3 is 2.67 bits per heavy atom. The summed E-state index contributed by atoms with van der Waals surface area (Å²) in [5, 5.41) is 13.3. The summed E-state index contributed by atoms with van der Waals surface area (Å²) in [6, 6.07) is 10.0. The minimum absolute atomic E-state index is 0.0398. The summed E-state index contributed by atoms with van der Waals surface area (Å²) in [6.45, 7) is 2.95. The molecule has 1 amide bonds. The van der Waals surface area contributed by atoms with E-state index in [4.69, 9.17) is 5.11 Å². The number of aliphatic hydroxyl groups is 1. The zero-order chi connectivity index (χ0) is 15.2. The highest BCUT2D eigenvalue weighted by molar-refractivity contribution is 5.95. The number of hydrogen-bond acceptors (Lipinski definition) is 3. The van der Waals surface area contributed by atoms with Gasteiger partial charge in [0.15, 0.2) is 0 Å². The number of likely N-dealkylation sites (N-methyl/N-ethyl adjacent to an activating group) is 1. The summed E-state index contributed by atoms with van der Waals surface area (Å²) < 4.78 is 1.87. The van der Waals surface area contributed by atoms with Crippen molar-refractivity contribution in [2.24, 2.45) is 0 Å². The molecule has 0 bridgehead atoms. The second kappa shape index (κ2) is 7.04. The predicted octanol–water partition coefficient (Wildman–Crippen LogP) is 1.56. The average Bonchev–Trinajstić information content (AvgIpc) is 2.90. The molecule has 0 radical (unpaired) electrons. The molecule has 0 aliphatic heterocycles. The first-order chi connectivity index (χ1) is 10.2. The molecule has 0 atom stereocenters.